The summed E-state index contributed by atoms with van der Waals surface area (Å²) >= 11 is 0. The minimum atomic E-state index is -1.35. The lowest BCUT2D eigenvalue weighted by molar-refractivity contribution is -0.112. The third kappa shape index (κ3) is 5.30. The summed E-state index contributed by atoms with van der Waals surface area (Å²) in [6.07, 6.45) is 0.963. The zero-order chi connectivity index (χ0) is 20.2. The fourth-order valence-electron chi connectivity index (χ4n) is 2.92. The summed E-state index contributed by atoms with van der Waals surface area (Å²) < 4.78 is 5.28. The standard InChI is InChI=1S/C20H28N2O5/c1-6-14(2)20(25)13-22(27-17(23)15-10-8-7-9-11-15)12-16(20)21-18(24)26-19(3,4)5/h6-11,14,16,25H,1,12-13H2,2-5H3,(H,21,24). The Morgan fingerprint density at radius 1 is 1.37 bits per heavy atom. The van der Waals surface area contributed by atoms with E-state index in [9.17, 15) is 14.7 Å². The molecule has 7 nitrogen and oxygen atoms in total. The van der Waals surface area contributed by atoms with Crippen LogP contribution in [0.25, 0.3) is 0 Å². The van der Waals surface area contributed by atoms with Crippen molar-refractivity contribution >= 4 is 12.1 Å². The number of rotatable bonds is 5. The third-order valence-electron chi connectivity index (χ3n) is 4.47. The van der Waals surface area contributed by atoms with Gasteiger partial charge in [0.25, 0.3) is 0 Å². The van der Waals surface area contributed by atoms with Gasteiger partial charge in [0.2, 0.25) is 0 Å². The van der Waals surface area contributed by atoms with Gasteiger partial charge in [-0.1, -0.05) is 31.2 Å². The molecule has 0 bridgehead atoms. The highest BCUT2D eigenvalue weighted by Crippen LogP contribution is 2.31. The Labute approximate surface area is 159 Å². The zero-order valence-electron chi connectivity index (χ0n) is 16.3. The van der Waals surface area contributed by atoms with Crippen molar-refractivity contribution in [3.8, 4) is 0 Å². The van der Waals surface area contributed by atoms with Crippen molar-refractivity contribution in [2.75, 3.05) is 13.1 Å². The van der Waals surface area contributed by atoms with Crippen molar-refractivity contribution in [2.24, 2.45) is 5.92 Å². The lowest BCUT2D eigenvalue weighted by atomic mass is 9.84. The molecule has 0 saturated carbocycles. The maximum Gasteiger partial charge on any atom is 0.408 e. The Balaban J connectivity index is 2.11. The second-order valence-corrected chi connectivity index (χ2v) is 7.78. The maximum atomic E-state index is 12.3. The van der Waals surface area contributed by atoms with Gasteiger partial charge in [0.05, 0.1) is 24.7 Å². The molecule has 2 N–H and O–H groups in total. The highest BCUT2D eigenvalue weighted by atomic mass is 16.7. The van der Waals surface area contributed by atoms with Gasteiger partial charge in [0, 0.05) is 5.92 Å². The lowest BCUT2D eigenvalue weighted by Crippen LogP contribution is -2.55. The van der Waals surface area contributed by atoms with Crippen LogP contribution in [0.2, 0.25) is 0 Å². The summed E-state index contributed by atoms with van der Waals surface area (Å²) in [6, 6.07) is 7.88. The van der Waals surface area contributed by atoms with Crippen molar-refractivity contribution in [1.82, 2.24) is 10.4 Å². The van der Waals surface area contributed by atoms with Crippen LogP contribution in [0.15, 0.2) is 43.0 Å². The highest BCUT2D eigenvalue weighted by molar-refractivity contribution is 5.89. The average molecular weight is 376 g/mol. The number of hydroxylamine groups is 2. The van der Waals surface area contributed by atoms with Crippen molar-refractivity contribution in [3.63, 3.8) is 0 Å². The van der Waals surface area contributed by atoms with Gasteiger partial charge in [0.1, 0.15) is 11.2 Å². The normalized spacial score (nSPS) is 24.1. The summed E-state index contributed by atoms with van der Waals surface area (Å²) in [5.74, 6) is -0.875. The average Bonchev–Trinajstić information content (AvgIpc) is 2.89. The Hall–Kier alpha value is -2.38. The predicted octanol–water partition coefficient (Wildman–Crippen LogP) is 2.52. The fraction of sp³-hybridized carbons (Fsp3) is 0.500. The number of benzene rings is 1. The van der Waals surface area contributed by atoms with E-state index in [1.807, 2.05) is 0 Å². The van der Waals surface area contributed by atoms with Gasteiger partial charge in [-0.2, -0.15) is 0 Å². The number of aliphatic hydroxyl groups is 1. The van der Waals surface area contributed by atoms with Crippen LogP contribution in [0.4, 0.5) is 4.79 Å². The van der Waals surface area contributed by atoms with E-state index in [0.29, 0.717) is 5.56 Å². The Bertz CT molecular complexity index is 685. The van der Waals surface area contributed by atoms with Crippen LogP contribution in [0.5, 0.6) is 0 Å². The molecular formula is C20H28N2O5. The van der Waals surface area contributed by atoms with Crippen molar-refractivity contribution < 1.29 is 24.3 Å². The van der Waals surface area contributed by atoms with Gasteiger partial charge >= 0.3 is 12.1 Å². The fourth-order valence-corrected chi connectivity index (χ4v) is 2.92. The highest BCUT2D eigenvalue weighted by Gasteiger charge is 2.50. The lowest BCUT2D eigenvalue weighted by Gasteiger charge is -2.33. The molecular weight excluding hydrogens is 348 g/mol. The van der Waals surface area contributed by atoms with E-state index < -0.39 is 29.3 Å². The minimum absolute atomic E-state index is 0.0409. The van der Waals surface area contributed by atoms with Crippen LogP contribution >= 0.6 is 0 Å². The smallest absolute Gasteiger partial charge is 0.408 e. The van der Waals surface area contributed by atoms with E-state index >= 15 is 0 Å². The number of β-amino-alcohol motifs (C(OH)–C–C–N with tert-alkyl or cyclic N) is 1. The number of alkyl carbamates (subject to hydrolysis) is 1. The summed E-state index contributed by atoms with van der Waals surface area (Å²) in [6.45, 7) is 11.0. The molecule has 1 aliphatic heterocycles. The maximum absolute atomic E-state index is 12.3. The molecule has 3 unspecified atom stereocenters. The van der Waals surface area contributed by atoms with E-state index in [1.54, 1.807) is 64.1 Å². The van der Waals surface area contributed by atoms with Crippen LogP contribution in [0.1, 0.15) is 38.1 Å². The molecule has 7 heteroatoms. The van der Waals surface area contributed by atoms with Crippen LogP contribution < -0.4 is 5.32 Å². The first kappa shape index (κ1) is 20.9. The van der Waals surface area contributed by atoms with Crippen molar-refractivity contribution in [1.29, 1.82) is 0 Å². The van der Waals surface area contributed by atoms with Gasteiger partial charge in [-0.3, -0.25) is 0 Å². The van der Waals surface area contributed by atoms with Gasteiger partial charge < -0.3 is 20.0 Å². The molecule has 0 radical (unpaired) electrons. The molecule has 1 aromatic carbocycles. The van der Waals surface area contributed by atoms with E-state index in [-0.39, 0.29) is 19.0 Å². The van der Waals surface area contributed by atoms with Crippen LogP contribution in [0.3, 0.4) is 0 Å². The summed E-state index contributed by atoms with van der Waals surface area (Å²) in [4.78, 5) is 29.9. The summed E-state index contributed by atoms with van der Waals surface area (Å²) in [7, 11) is 0. The number of carbonyl (C=O) groups is 2. The van der Waals surface area contributed by atoms with E-state index in [0.717, 1.165) is 0 Å². The first-order chi connectivity index (χ1) is 12.5. The third-order valence-corrected chi connectivity index (χ3v) is 4.47. The van der Waals surface area contributed by atoms with Gasteiger partial charge in [-0.25, -0.2) is 9.59 Å². The Morgan fingerprint density at radius 2 is 2.00 bits per heavy atom. The number of carbonyl (C=O) groups excluding carboxylic acids is 2. The second kappa shape index (κ2) is 8.10. The SMILES string of the molecule is C=CC(C)C1(O)CN(OC(=O)c2ccccc2)CC1NC(=O)OC(C)(C)C. The number of nitrogens with zero attached hydrogens (tertiary/aromatic N) is 1. The molecule has 27 heavy (non-hydrogen) atoms. The molecule has 0 aromatic heterocycles. The molecule has 1 fully saturated rings. The van der Waals surface area contributed by atoms with Crippen molar-refractivity contribution in [2.45, 2.75) is 44.9 Å². The molecule has 1 saturated heterocycles. The number of hydrogen-bond donors (Lipinski definition) is 2. The topological polar surface area (TPSA) is 88.1 Å². The molecule has 2 rings (SSSR count). The molecule has 0 aliphatic carbocycles. The van der Waals surface area contributed by atoms with Gasteiger partial charge in [0.15, 0.2) is 0 Å². The molecule has 0 spiro atoms. The second-order valence-electron chi connectivity index (χ2n) is 7.78. The van der Waals surface area contributed by atoms with Crippen LogP contribution in [-0.2, 0) is 9.57 Å². The Kier molecular flexibility index (Phi) is 6.28. The van der Waals surface area contributed by atoms with E-state index in [1.165, 1.54) is 5.06 Å². The molecule has 1 aliphatic rings. The number of amides is 1. The summed E-state index contributed by atoms with van der Waals surface area (Å²) in [5, 5.41) is 15.2. The first-order valence-electron chi connectivity index (χ1n) is 8.92. The molecule has 148 valence electrons. The zero-order valence-corrected chi connectivity index (χ0v) is 16.3. The molecule has 1 heterocycles. The van der Waals surface area contributed by atoms with E-state index in [2.05, 4.69) is 11.9 Å². The van der Waals surface area contributed by atoms with Gasteiger partial charge in [-0.15, -0.1) is 11.6 Å². The minimum Gasteiger partial charge on any atom is -0.444 e. The predicted molar refractivity (Wildman–Crippen MR) is 101 cm³/mol. The number of ether oxygens (including phenoxy) is 1. The quantitative estimate of drug-likeness (QED) is 0.768. The monoisotopic (exact) mass is 376 g/mol. The molecule has 3 atom stereocenters. The van der Waals surface area contributed by atoms with Crippen molar-refractivity contribution in [3.05, 3.63) is 48.6 Å². The number of nitrogens with one attached hydrogen (secondary N) is 1. The molecule has 1 aromatic rings. The number of hydrogen-bond acceptors (Lipinski definition) is 6. The molecule has 1 amide bonds. The van der Waals surface area contributed by atoms with Gasteiger partial charge in [-0.05, 0) is 32.9 Å². The Morgan fingerprint density at radius 3 is 2.56 bits per heavy atom. The first-order valence-corrected chi connectivity index (χ1v) is 8.92. The van der Waals surface area contributed by atoms with Crippen LogP contribution in [0, 0.1) is 5.92 Å². The van der Waals surface area contributed by atoms with E-state index in [4.69, 9.17) is 9.57 Å². The van der Waals surface area contributed by atoms with Crippen LogP contribution in [-0.4, -0.2) is 52.6 Å². The largest absolute Gasteiger partial charge is 0.444 e. The summed E-state index contributed by atoms with van der Waals surface area (Å²) in [5.41, 5.74) is -1.61.